The summed E-state index contributed by atoms with van der Waals surface area (Å²) in [5.41, 5.74) is 1.77. The number of piperidine rings is 1. The summed E-state index contributed by atoms with van der Waals surface area (Å²) >= 11 is 6.01. The van der Waals surface area contributed by atoms with Crippen molar-refractivity contribution >= 4 is 29.1 Å². The second-order valence-electron chi connectivity index (χ2n) is 7.02. The zero-order valence-electron chi connectivity index (χ0n) is 14.9. The van der Waals surface area contributed by atoms with E-state index in [9.17, 15) is 9.59 Å². The number of benzene rings is 2. The fraction of sp³-hybridized carbons (Fsp3) is 0.333. The Morgan fingerprint density at radius 3 is 2.56 bits per heavy atom. The van der Waals surface area contributed by atoms with Crippen LogP contribution in [0.15, 0.2) is 48.5 Å². The molecule has 2 aromatic rings. The maximum Gasteiger partial charge on any atom is 0.263 e. The number of hydrogen-bond acceptors (Lipinski definition) is 3. The minimum absolute atomic E-state index is 0.00996. The third kappa shape index (κ3) is 3.93. The molecule has 1 saturated heterocycles. The molecule has 0 radical (unpaired) electrons. The minimum atomic E-state index is -0.492. The molecule has 1 fully saturated rings. The zero-order valence-corrected chi connectivity index (χ0v) is 15.6. The number of rotatable bonds is 3. The van der Waals surface area contributed by atoms with Crippen molar-refractivity contribution in [3.63, 3.8) is 0 Å². The Morgan fingerprint density at radius 1 is 1.07 bits per heavy atom. The van der Waals surface area contributed by atoms with Gasteiger partial charge in [-0.2, -0.15) is 0 Å². The van der Waals surface area contributed by atoms with E-state index >= 15 is 0 Å². The molecule has 1 atom stereocenters. The van der Waals surface area contributed by atoms with E-state index in [2.05, 4.69) is 5.32 Å². The van der Waals surface area contributed by atoms with Gasteiger partial charge in [0, 0.05) is 36.1 Å². The first-order valence-electron chi connectivity index (χ1n) is 9.20. The summed E-state index contributed by atoms with van der Waals surface area (Å²) in [4.78, 5) is 27.0. The van der Waals surface area contributed by atoms with Crippen LogP contribution < -0.4 is 10.1 Å². The Morgan fingerprint density at radius 2 is 1.81 bits per heavy atom. The number of carbonyl (C=O) groups excluding carboxylic acids is 2. The van der Waals surface area contributed by atoms with Crippen LogP contribution in [0.5, 0.6) is 5.75 Å². The highest BCUT2D eigenvalue weighted by molar-refractivity contribution is 6.30. The van der Waals surface area contributed by atoms with Crippen LogP contribution in [0.2, 0.25) is 5.02 Å². The van der Waals surface area contributed by atoms with Gasteiger partial charge in [0.15, 0.2) is 6.10 Å². The van der Waals surface area contributed by atoms with Crippen molar-refractivity contribution in [1.82, 2.24) is 4.90 Å². The zero-order chi connectivity index (χ0) is 18.8. The normalized spacial score (nSPS) is 19.3. The number of likely N-dealkylation sites (tertiary alicyclic amines) is 1. The SMILES string of the molecule is O=C(Nc1ccccc1)C1CCN(C(=O)[C@H]2Cc3cc(Cl)ccc3O2)CC1. The van der Waals surface area contributed by atoms with E-state index < -0.39 is 6.10 Å². The molecule has 27 heavy (non-hydrogen) atoms. The molecule has 0 aromatic heterocycles. The molecular weight excluding hydrogens is 364 g/mol. The van der Waals surface area contributed by atoms with Crippen molar-refractivity contribution < 1.29 is 14.3 Å². The monoisotopic (exact) mass is 384 g/mol. The van der Waals surface area contributed by atoms with E-state index in [1.807, 2.05) is 47.4 Å². The molecule has 5 nitrogen and oxygen atoms in total. The average Bonchev–Trinajstić information content (AvgIpc) is 3.11. The molecule has 0 bridgehead atoms. The van der Waals surface area contributed by atoms with Gasteiger partial charge in [0.1, 0.15) is 5.75 Å². The van der Waals surface area contributed by atoms with Crippen molar-refractivity contribution in [2.45, 2.75) is 25.4 Å². The highest BCUT2D eigenvalue weighted by Gasteiger charge is 2.35. The van der Waals surface area contributed by atoms with Crippen LogP contribution in [0.25, 0.3) is 0 Å². The van der Waals surface area contributed by atoms with Crippen molar-refractivity contribution in [2.24, 2.45) is 5.92 Å². The highest BCUT2D eigenvalue weighted by atomic mass is 35.5. The molecule has 0 saturated carbocycles. The summed E-state index contributed by atoms with van der Waals surface area (Å²) in [5, 5.41) is 3.60. The van der Waals surface area contributed by atoms with Crippen LogP contribution >= 0.6 is 11.6 Å². The molecule has 1 N–H and O–H groups in total. The Hall–Kier alpha value is -2.53. The van der Waals surface area contributed by atoms with E-state index in [0.29, 0.717) is 37.4 Å². The molecule has 2 aliphatic heterocycles. The van der Waals surface area contributed by atoms with Crippen molar-refractivity contribution in [2.75, 3.05) is 18.4 Å². The molecule has 0 spiro atoms. The Kier molecular flexibility index (Phi) is 5.03. The number of carbonyl (C=O) groups is 2. The summed E-state index contributed by atoms with van der Waals surface area (Å²) in [6.45, 7) is 1.14. The van der Waals surface area contributed by atoms with Crippen molar-refractivity contribution in [3.05, 3.63) is 59.1 Å². The first-order valence-corrected chi connectivity index (χ1v) is 9.58. The number of nitrogens with zero attached hydrogens (tertiary/aromatic N) is 1. The molecule has 140 valence electrons. The lowest BCUT2D eigenvalue weighted by Gasteiger charge is -2.32. The molecule has 2 heterocycles. The van der Waals surface area contributed by atoms with Gasteiger partial charge >= 0.3 is 0 Å². The van der Waals surface area contributed by atoms with Gasteiger partial charge in [-0.25, -0.2) is 0 Å². The van der Waals surface area contributed by atoms with Gasteiger partial charge in [0.05, 0.1) is 0 Å². The fourth-order valence-electron chi connectivity index (χ4n) is 3.69. The number of fused-ring (bicyclic) bond motifs is 1. The van der Waals surface area contributed by atoms with Crippen LogP contribution in [0.3, 0.4) is 0 Å². The lowest BCUT2D eigenvalue weighted by molar-refractivity contribution is -0.140. The van der Waals surface area contributed by atoms with E-state index in [4.69, 9.17) is 16.3 Å². The summed E-state index contributed by atoms with van der Waals surface area (Å²) < 4.78 is 5.80. The Bertz CT molecular complexity index is 848. The van der Waals surface area contributed by atoms with Gasteiger partial charge < -0.3 is 15.0 Å². The molecular formula is C21H21ClN2O3. The second-order valence-corrected chi connectivity index (χ2v) is 7.45. The van der Waals surface area contributed by atoms with Gasteiger partial charge in [-0.1, -0.05) is 29.8 Å². The molecule has 2 aliphatic rings. The lowest BCUT2D eigenvalue weighted by Crippen LogP contribution is -2.46. The Balaban J connectivity index is 1.30. The van der Waals surface area contributed by atoms with Crippen LogP contribution in [0.1, 0.15) is 18.4 Å². The quantitative estimate of drug-likeness (QED) is 0.880. The molecule has 6 heteroatoms. The number of nitrogens with one attached hydrogen (secondary N) is 1. The predicted molar refractivity (Wildman–Crippen MR) is 104 cm³/mol. The third-order valence-corrected chi connectivity index (χ3v) is 5.43. The molecule has 0 aliphatic carbocycles. The number of ether oxygens (including phenoxy) is 1. The fourth-order valence-corrected chi connectivity index (χ4v) is 3.88. The van der Waals surface area contributed by atoms with Crippen LogP contribution in [0, 0.1) is 5.92 Å². The summed E-state index contributed by atoms with van der Waals surface area (Å²) in [5.74, 6) is 0.668. The van der Waals surface area contributed by atoms with E-state index in [-0.39, 0.29) is 17.7 Å². The van der Waals surface area contributed by atoms with Gasteiger partial charge in [0.25, 0.3) is 5.91 Å². The first-order chi connectivity index (χ1) is 13.1. The highest BCUT2D eigenvalue weighted by Crippen LogP contribution is 2.32. The molecule has 4 rings (SSSR count). The maximum atomic E-state index is 12.8. The average molecular weight is 385 g/mol. The number of amides is 2. The number of hydrogen-bond donors (Lipinski definition) is 1. The standard InChI is InChI=1S/C21H21ClN2O3/c22-16-6-7-18-15(12-16)13-19(27-18)21(26)24-10-8-14(9-11-24)20(25)23-17-4-2-1-3-5-17/h1-7,12,14,19H,8-11,13H2,(H,23,25)/t19-/m1/s1. The topological polar surface area (TPSA) is 58.6 Å². The minimum Gasteiger partial charge on any atom is -0.480 e. The van der Waals surface area contributed by atoms with Gasteiger partial charge in [0.2, 0.25) is 5.91 Å². The van der Waals surface area contributed by atoms with Gasteiger partial charge in [-0.05, 0) is 48.7 Å². The largest absolute Gasteiger partial charge is 0.480 e. The smallest absolute Gasteiger partial charge is 0.263 e. The van der Waals surface area contributed by atoms with Crippen molar-refractivity contribution in [1.29, 1.82) is 0 Å². The van der Waals surface area contributed by atoms with Crippen molar-refractivity contribution in [3.8, 4) is 5.75 Å². The van der Waals surface area contributed by atoms with Crippen LogP contribution in [-0.2, 0) is 16.0 Å². The van der Waals surface area contributed by atoms with Gasteiger partial charge in [-0.15, -0.1) is 0 Å². The Labute approximate surface area is 163 Å². The summed E-state index contributed by atoms with van der Waals surface area (Å²) in [7, 11) is 0. The summed E-state index contributed by atoms with van der Waals surface area (Å²) in [6.07, 6.45) is 1.38. The van der Waals surface area contributed by atoms with Gasteiger partial charge in [-0.3, -0.25) is 9.59 Å². The summed E-state index contributed by atoms with van der Waals surface area (Å²) in [6, 6.07) is 14.9. The molecule has 2 aromatic carbocycles. The number of anilines is 1. The lowest BCUT2D eigenvalue weighted by atomic mass is 9.95. The van der Waals surface area contributed by atoms with E-state index in [0.717, 1.165) is 17.0 Å². The third-order valence-electron chi connectivity index (χ3n) is 5.19. The predicted octanol–water partition coefficient (Wildman–Crippen LogP) is 3.52. The second kappa shape index (κ2) is 7.61. The van der Waals surface area contributed by atoms with Crippen LogP contribution in [-0.4, -0.2) is 35.9 Å². The number of para-hydroxylation sites is 1. The van der Waals surface area contributed by atoms with E-state index in [1.54, 1.807) is 6.07 Å². The molecule has 2 amide bonds. The molecule has 0 unspecified atom stereocenters. The number of halogens is 1. The van der Waals surface area contributed by atoms with E-state index in [1.165, 1.54) is 0 Å². The first kappa shape index (κ1) is 17.9. The van der Waals surface area contributed by atoms with Crippen LogP contribution in [0.4, 0.5) is 5.69 Å². The maximum absolute atomic E-state index is 12.8.